The molecule has 5 rings (SSSR count). The highest BCUT2D eigenvalue weighted by Gasteiger charge is 2.27. The van der Waals surface area contributed by atoms with Crippen molar-refractivity contribution in [1.29, 1.82) is 0 Å². The van der Waals surface area contributed by atoms with Gasteiger partial charge in [-0.25, -0.2) is 9.50 Å². The molecule has 148 valence electrons. The van der Waals surface area contributed by atoms with Gasteiger partial charge in [-0.2, -0.15) is 10.2 Å². The summed E-state index contributed by atoms with van der Waals surface area (Å²) in [5.74, 6) is 0.0593. The van der Waals surface area contributed by atoms with Crippen molar-refractivity contribution in [2.24, 2.45) is 7.05 Å². The van der Waals surface area contributed by atoms with Crippen molar-refractivity contribution >= 4 is 22.9 Å². The smallest absolute Gasteiger partial charge is 0.264 e. The van der Waals surface area contributed by atoms with Crippen LogP contribution in [0, 0.1) is 0 Å². The summed E-state index contributed by atoms with van der Waals surface area (Å²) in [6.45, 7) is 1.39. The minimum atomic E-state index is 0.0593. The highest BCUT2D eigenvalue weighted by Crippen LogP contribution is 2.30. The lowest BCUT2D eigenvalue weighted by Crippen LogP contribution is -2.29. The van der Waals surface area contributed by atoms with E-state index in [0.29, 0.717) is 6.54 Å². The zero-order chi connectivity index (χ0) is 20.0. The number of hydrogen-bond donors (Lipinski definition) is 0. The number of methoxy groups -OCH3 is 1. The lowest BCUT2D eigenvalue weighted by molar-refractivity contribution is 0.0728. The van der Waals surface area contributed by atoms with Gasteiger partial charge >= 0.3 is 0 Å². The van der Waals surface area contributed by atoms with Gasteiger partial charge < -0.3 is 9.64 Å². The number of likely N-dealkylation sites (tertiary alicyclic amines) is 1. The summed E-state index contributed by atoms with van der Waals surface area (Å²) in [7, 11) is 3.58. The second-order valence-electron chi connectivity index (χ2n) is 7.17. The molecule has 0 aromatic carbocycles. The zero-order valence-corrected chi connectivity index (χ0v) is 17.0. The van der Waals surface area contributed by atoms with E-state index in [1.165, 1.54) is 11.3 Å². The van der Waals surface area contributed by atoms with E-state index >= 15 is 0 Å². The van der Waals surface area contributed by atoms with Crippen LogP contribution in [0.15, 0.2) is 42.4 Å². The summed E-state index contributed by atoms with van der Waals surface area (Å²) < 4.78 is 8.89. The van der Waals surface area contributed by atoms with E-state index in [-0.39, 0.29) is 12.0 Å². The van der Waals surface area contributed by atoms with Crippen LogP contribution in [0.25, 0.3) is 27.9 Å². The van der Waals surface area contributed by atoms with Gasteiger partial charge in [-0.05, 0) is 23.4 Å². The zero-order valence-electron chi connectivity index (χ0n) is 16.1. The van der Waals surface area contributed by atoms with Crippen LogP contribution in [-0.4, -0.2) is 61.5 Å². The lowest BCUT2D eigenvalue weighted by atomic mass is 10.1. The Morgan fingerprint density at radius 2 is 2.03 bits per heavy atom. The molecule has 29 heavy (non-hydrogen) atoms. The largest absolute Gasteiger partial charge is 0.380 e. The molecule has 8 nitrogen and oxygen atoms in total. The molecule has 5 heterocycles. The van der Waals surface area contributed by atoms with Crippen LogP contribution < -0.4 is 0 Å². The van der Waals surface area contributed by atoms with Gasteiger partial charge in [-0.3, -0.25) is 9.48 Å². The molecular formula is C20H20N6O2S. The van der Waals surface area contributed by atoms with Crippen molar-refractivity contribution in [3.63, 3.8) is 0 Å². The van der Waals surface area contributed by atoms with E-state index < -0.39 is 0 Å². The molecule has 0 aliphatic carbocycles. The van der Waals surface area contributed by atoms with Gasteiger partial charge in [-0.15, -0.1) is 11.3 Å². The van der Waals surface area contributed by atoms with Crippen LogP contribution >= 0.6 is 11.3 Å². The van der Waals surface area contributed by atoms with Gasteiger partial charge in [0.15, 0.2) is 5.65 Å². The van der Waals surface area contributed by atoms with Crippen LogP contribution in [0.2, 0.25) is 0 Å². The quantitative estimate of drug-likeness (QED) is 0.519. The Labute approximate surface area is 171 Å². The number of thiophene rings is 1. The van der Waals surface area contributed by atoms with Crippen molar-refractivity contribution in [1.82, 2.24) is 29.3 Å². The van der Waals surface area contributed by atoms with Crippen LogP contribution in [0.3, 0.4) is 0 Å². The lowest BCUT2D eigenvalue weighted by Gasteiger charge is -2.14. The van der Waals surface area contributed by atoms with Crippen molar-refractivity contribution in [2.45, 2.75) is 12.5 Å². The van der Waals surface area contributed by atoms with Crippen molar-refractivity contribution in [2.75, 3.05) is 20.2 Å². The van der Waals surface area contributed by atoms with E-state index in [2.05, 4.69) is 15.2 Å². The molecule has 1 aliphatic rings. The van der Waals surface area contributed by atoms with E-state index in [4.69, 9.17) is 4.74 Å². The Kier molecular flexibility index (Phi) is 4.40. The number of rotatable bonds is 4. The number of hydrogen-bond acceptors (Lipinski definition) is 6. The minimum absolute atomic E-state index is 0.0593. The average Bonchev–Trinajstić information content (AvgIpc) is 3.52. The summed E-state index contributed by atoms with van der Waals surface area (Å²) in [5.41, 5.74) is 4.56. The molecule has 4 aromatic heterocycles. The van der Waals surface area contributed by atoms with Gasteiger partial charge in [0.05, 0.1) is 23.4 Å². The van der Waals surface area contributed by atoms with Gasteiger partial charge in [0.2, 0.25) is 0 Å². The molecule has 4 aromatic rings. The van der Waals surface area contributed by atoms with Crippen molar-refractivity contribution < 1.29 is 9.53 Å². The highest BCUT2D eigenvalue weighted by atomic mass is 32.1. The third kappa shape index (κ3) is 3.22. The summed E-state index contributed by atoms with van der Waals surface area (Å²) in [4.78, 5) is 20.0. The van der Waals surface area contributed by atoms with Gasteiger partial charge in [0.1, 0.15) is 0 Å². The number of ether oxygens (including phenoxy) is 1. The fraction of sp³-hybridized carbons (Fsp3) is 0.300. The van der Waals surface area contributed by atoms with E-state index in [0.717, 1.165) is 45.7 Å². The molecule has 0 unspecified atom stereocenters. The fourth-order valence-electron chi connectivity index (χ4n) is 3.65. The standard InChI is InChI=1S/C20H20N6O2S/c1-24-9-15(7-22-24)14-6-21-19-17(8-23-26(19)10-14)13-5-18(29-12-13)20(27)25-4-3-16(11-25)28-2/h5-10,12,16H,3-4,11H2,1-2H3/t16-/m0/s1. The molecular weight excluding hydrogens is 388 g/mol. The minimum Gasteiger partial charge on any atom is -0.380 e. The maximum atomic E-state index is 12.8. The van der Waals surface area contributed by atoms with Gasteiger partial charge in [-0.1, -0.05) is 0 Å². The number of nitrogens with zero attached hydrogens (tertiary/aromatic N) is 6. The number of aryl methyl sites for hydroxylation is 1. The van der Waals surface area contributed by atoms with E-state index in [9.17, 15) is 4.79 Å². The molecule has 1 saturated heterocycles. The molecule has 0 N–H and O–H groups in total. The number of carbonyl (C=O) groups is 1. The Hall–Kier alpha value is -3.04. The first-order valence-corrected chi connectivity index (χ1v) is 10.2. The van der Waals surface area contributed by atoms with Crippen LogP contribution in [0.5, 0.6) is 0 Å². The number of carbonyl (C=O) groups excluding carboxylic acids is 1. The third-order valence-electron chi connectivity index (χ3n) is 5.28. The summed E-state index contributed by atoms with van der Waals surface area (Å²) in [6, 6.07) is 1.93. The molecule has 9 heteroatoms. The topological polar surface area (TPSA) is 77.5 Å². The van der Waals surface area contributed by atoms with Crippen molar-refractivity contribution in [3.8, 4) is 22.3 Å². The number of aromatic nitrogens is 5. The Balaban J connectivity index is 1.42. The first-order chi connectivity index (χ1) is 14.1. The molecule has 0 spiro atoms. The predicted octanol–water partition coefficient (Wildman–Crippen LogP) is 2.72. The molecule has 1 atom stereocenters. The second-order valence-corrected chi connectivity index (χ2v) is 8.08. The number of fused-ring (bicyclic) bond motifs is 1. The van der Waals surface area contributed by atoms with Crippen LogP contribution in [-0.2, 0) is 11.8 Å². The Morgan fingerprint density at radius 1 is 1.17 bits per heavy atom. The molecule has 1 amide bonds. The molecule has 0 saturated carbocycles. The molecule has 1 fully saturated rings. The van der Waals surface area contributed by atoms with Crippen LogP contribution in [0.4, 0.5) is 0 Å². The monoisotopic (exact) mass is 408 g/mol. The normalized spacial score (nSPS) is 16.8. The molecule has 0 bridgehead atoms. The van der Waals surface area contributed by atoms with E-state index in [1.54, 1.807) is 28.7 Å². The molecule has 1 aliphatic heterocycles. The number of amides is 1. The third-order valence-corrected chi connectivity index (χ3v) is 6.20. The Morgan fingerprint density at radius 3 is 2.79 bits per heavy atom. The maximum absolute atomic E-state index is 12.8. The SMILES string of the molecule is CO[C@H]1CCN(C(=O)c2cc(-c3cnn4cc(-c5cnn(C)c5)cnc34)cs2)C1. The predicted molar refractivity (Wildman–Crippen MR) is 110 cm³/mol. The van der Waals surface area contributed by atoms with Crippen LogP contribution in [0.1, 0.15) is 16.1 Å². The maximum Gasteiger partial charge on any atom is 0.264 e. The molecule has 0 radical (unpaired) electrons. The summed E-state index contributed by atoms with van der Waals surface area (Å²) in [5, 5.41) is 10.7. The first kappa shape index (κ1) is 18.0. The summed E-state index contributed by atoms with van der Waals surface area (Å²) in [6.07, 6.45) is 10.3. The fourth-order valence-corrected chi connectivity index (χ4v) is 4.52. The first-order valence-electron chi connectivity index (χ1n) is 9.36. The highest BCUT2D eigenvalue weighted by molar-refractivity contribution is 7.12. The second kappa shape index (κ2) is 7.09. The average molecular weight is 408 g/mol. The van der Waals surface area contributed by atoms with E-state index in [1.807, 2.05) is 42.0 Å². The van der Waals surface area contributed by atoms with Gasteiger partial charge in [0.25, 0.3) is 5.91 Å². The van der Waals surface area contributed by atoms with Gasteiger partial charge in [0, 0.05) is 62.5 Å². The summed E-state index contributed by atoms with van der Waals surface area (Å²) >= 11 is 1.46. The van der Waals surface area contributed by atoms with Crippen molar-refractivity contribution in [3.05, 3.63) is 47.3 Å². The Bertz CT molecular complexity index is 1190.